The molecule has 0 bridgehead atoms. The summed E-state index contributed by atoms with van der Waals surface area (Å²) in [6.45, 7) is 4.46. The van der Waals surface area contributed by atoms with E-state index < -0.39 is 11.7 Å². The maximum absolute atomic E-state index is 14.4. The van der Waals surface area contributed by atoms with Gasteiger partial charge in [-0.25, -0.2) is 8.78 Å². The maximum Gasteiger partial charge on any atom is 0.166 e. The van der Waals surface area contributed by atoms with Gasteiger partial charge in [-0.15, -0.1) is 0 Å². The number of unbranched alkanes of at least 4 members (excludes halogenated alkanes) is 1. The third-order valence-corrected chi connectivity index (χ3v) is 3.81. The zero-order chi connectivity index (χ0) is 18.8. The van der Waals surface area contributed by atoms with E-state index in [2.05, 4.69) is 13.0 Å². The van der Waals surface area contributed by atoms with E-state index >= 15 is 0 Å². The molecular weight excluding hydrogens is 330 g/mol. The molecular formula is C23H24F2O. The van der Waals surface area contributed by atoms with Crippen LogP contribution in [0.2, 0.25) is 0 Å². The second kappa shape index (κ2) is 10.3. The lowest BCUT2D eigenvalue weighted by atomic mass is 10.1. The Morgan fingerprint density at radius 1 is 0.885 bits per heavy atom. The molecule has 0 atom stereocenters. The molecule has 0 saturated carbocycles. The summed E-state index contributed by atoms with van der Waals surface area (Å²) in [5, 5.41) is 0. The second-order valence-electron chi connectivity index (χ2n) is 5.85. The van der Waals surface area contributed by atoms with Crippen molar-refractivity contribution in [2.45, 2.75) is 26.7 Å². The van der Waals surface area contributed by atoms with Gasteiger partial charge in [0.2, 0.25) is 0 Å². The van der Waals surface area contributed by atoms with Crippen LogP contribution >= 0.6 is 0 Å². The summed E-state index contributed by atoms with van der Waals surface area (Å²) in [4.78, 5) is 0. The van der Waals surface area contributed by atoms with Gasteiger partial charge in [0.15, 0.2) is 11.7 Å². The number of allylic oxidation sites excluding steroid dienone is 2. The third kappa shape index (κ3) is 5.69. The summed E-state index contributed by atoms with van der Waals surface area (Å²) < 4.78 is 34.3. The molecule has 0 aliphatic carbocycles. The molecule has 0 radical (unpaired) electrons. The van der Waals surface area contributed by atoms with E-state index in [-0.39, 0.29) is 11.1 Å². The quantitative estimate of drug-likeness (QED) is 0.359. The highest BCUT2D eigenvalue weighted by molar-refractivity contribution is 5.83. The molecule has 2 aromatic carbocycles. The lowest BCUT2D eigenvalue weighted by Crippen LogP contribution is -1.93. The molecule has 0 fully saturated rings. The van der Waals surface area contributed by atoms with Gasteiger partial charge < -0.3 is 4.74 Å². The van der Waals surface area contributed by atoms with Gasteiger partial charge in [0.05, 0.1) is 0 Å². The monoisotopic (exact) mass is 354 g/mol. The average molecular weight is 354 g/mol. The largest absolute Gasteiger partial charge is 0.490 e. The Morgan fingerprint density at radius 3 is 2.00 bits per heavy atom. The number of hydrogen-bond donors (Lipinski definition) is 0. The van der Waals surface area contributed by atoms with Gasteiger partial charge in [0.25, 0.3) is 0 Å². The molecule has 0 saturated heterocycles. The van der Waals surface area contributed by atoms with Crippen LogP contribution in [0.1, 0.15) is 43.4 Å². The van der Waals surface area contributed by atoms with Crippen molar-refractivity contribution in [1.29, 1.82) is 0 Å². The van der Waals surface area contributed by atoms with E-state index in [1.54, 1.807) is 36.4 Å². The lowest BCUT2D eigenvalue weighted by molar-refractivity contribution is 0.362. The van der Waals surface area contributed by atoms with Crippen LogP contribution in [0.5, 0.6) is 5.75 Å². The summed E-state index contributed by atoms with van der Waals surface area (Å²) in [7, 11) is 0. The predicted molar refractivity (Wildman–Crippen MR) is 106 cm³/mol. The predicted octanol–water partition coefficient (Wildman–Crippen LogP) is 7.22. The Hall–Kier alpha value is -2.68. The van der Waals surface area contributed by atoms with Crippen molar-refractivity contribution < 1.29 is 13.5 Å². The minimum atomic E-state index is -0.876. The standard InChI is InChI=1S/C23H24F2O/c1-3-5-7-8-18-9-11-19(12-10-18)22(24)23(25)20-13-15-21(16-14-20)26-17-6-4-2/h4,6-16H,3,5,17H2,1-2H3/b6-4?,8-7+,23-22-. The zero-order valence-corrected chi connectivity index (χ0v) is 15.2. The van der Waals surface area contributed by atoms with Crippen molar-refractivity contribution in [3.05, 3.63) is 83.4 Å². The first-order valence-corrected chi connectivity index (χ1v) is 8.82. The van der Waals surface area contributed by atoms with Gasteiger partial charge in [-0.1, -0.05) is 61.9 Å². The fourth-order valence-electron chi connectivity index (χ4n) is 2.32. The minimum absolute atomic E-state index is 0.188. The summed E-state index contributed by atoms with van der Waals surface area (Å²) in [6, 6.07) is 13.0. The normalized spacial score (nSPS) is 12.6. The van der Waals surface area contributed by atoms with Crippen molar-refractivity contribution in [2.24, 2.45) is 0 Å². The van der Waals surface area contributed by atoms with E-state index in [0.717, 1.165) is 18.4 Å². The van der Waals surface area contributed by atoms with E-state index in [4.69, 9.17) is 4.74 Å². The fourth-order valence-corrected chi connectivity index (χ4v) is 2.32. The summed E-state index contributed by atoms with van der Waals surface area (Å²) in [5.74, 6) is -1.13. The van der Waals surface area contributed by atoms with Gasteiger partial charge in [0, 0.05) is 11.1 Å². The molecule has 1 nitrogen and oxygen atoms in total. The van der Waals surface area contributed by atoms with Crippen molar-refractivity contribution in [2.75, 3.05) is 6.61 Å². The first-order valence-electron chi connectivity index (χ1n) is 8.82. The van der Waals surface area contributed by atoms with E-state index in [1.807, 2.05) is 25.2 Å². The summed E-state index contributed by atoms with van der Waals surface area (Å²) in [6.07, 6.45) is 9.89. The molecule has 2 rings (SSSR count). The van der Waals surface area contributed by atoms with Gasteiger partial charge in [-0.2, -0.15) is 0 Å². The highest BCUT2D eigenvalue weighted by Gasteiger charge is 2.11. The van der Waals surface area contributed by atoms with Crippen LogP contribution in [0, 0.1) is 0 Å². The molecule has 2 aromatic rings. The van der Waals surface area contributed by atoms with Crippen LogP contribution < -0.4 is 4.74 Å². The van der Waals surface area contributed by atoms with E-state index in [1.165, 1.54) is 12.1 Å². The van der Waals surface area contributed by atoms with Crippen LogP contribution in [0.25, 0.3) is 17.7 Å². The summed E-state index contributed by atoms with van der Waals surface area (Å²) in [5.41, 5.74) is 1.38. The fraction of sp³-hybridized carbons (Fsp3) is 0.217. The SMILES string of the molecule is CC=CCOc1ccc(/C(F)=C(/F)c2ccc(/C=C/CCC)cc2)cc1. The molecule has 0 amide bonds. The number of rotatable bonds is 8. The molecule has 136 valence electrons. The van der Waals surface area contributed by atoms with Crippen LogP contribution in [-0.2, 0) is 0 Å². The van der Waals surface area contributed by atoms with E-state index in [0.29, 0.717) is 12.4 Å². The highest BCUT2D eigenvalue weighted by atomic mass is 19.2. The molecule has 0 unspecified atom stereocenters. The Balaban J connectivity index is 2.12. The number of halogens is 2. The smallest absolute Gasteiger partial charge is 0.166 e. The Bertz CT molecular complexity index is 769. The highest BCUT2D eigenvalue weighted by Crippen LogP contribution is 2.30. The first kappa shape index (κ1) is 19.6. The molecule has 0 spiro atoms. The number of hydrogen-bond acceptors (Lipinski definition) is 1. The van der Waals surface area contributed by atoms with Crippen LogP contribution in [-0.4, -0.2) is 6.61 Å². The van der Waals surface area contributed by atoms with Crippen LogP contribution in [0.4, 0.5) is 8.78 Å². The van der Waals surface area contributed by atoms with Gasteiger partial charge in [-0.05, 0) is 43.2 Å². The Labute approximate surface area is 154 Å². The zero-order valence-electron chi connectivity index (χ0n) is 15.2. The molecule has 0 aliphatic heterocycles. The Morgan fingerprint density at radius 2 is 1.46 bits per heavy atom. The molecule has 0 heterocycles. The van der Waals surface area contributed by atoms with E-state index in [9.17, 15) is 8.78 Å². The number of ether oxygens (including phenoxy) is 1. The van der Waals surface area contributed by atoms with Crippen LogP contribution in [0.3, 0.4) is 0 Å². The first-order chi connectivity index (χ1) is 12.7. The maximum atomic E-state index is 14.4. The van der Waals surface area contributed by atoms with Crippen molar-refractivity contribution in [1.82, 2.24) is 0 Å². The minimum Gasteiger partial charge on any atom is -0.490 e. The molecule has 26 heavy (non-hydrogen) atoms. The molecule has 0 aromatic heterocycles. The van der Waals surface area contributed by atoms with Crippen molar-refractivity contribution in [3.8, 4) is 5.75 Å². The molecule has 0 N–H and O–H groups in total. The average Bonchev–Trinajstić information content (AvgIpc) is 2.68. The second-order valence-corrected chi connectivity index (χ2v) is 5.85. The van der Waals surface area contributed by atoms with Gasteiger partial charge in [0.1, 0.15) is 12.4 Å². The third-order valence-electron chi connectivity index (χ3n) is 3.81. The molecule has 0 aliphatic rings. The van der Waals surface area contributed by atoms with Crippen LogP contribution in [0.15, 0.2) is 66.8 Å². The van der Waals surface area contributed by atoms with Crippen molar-refractivity contribution in [3.63, 3.8) is 0 Å². The topological polar surface area (TPSA) is 9.23 Å². The molecule has 3 heteroatoms. The van der Waals surface area contributed by atoms with Gasteiger partial charge >= 0.3 is 0 Å². The summed E-state index contributed by atoms with van der Waals surface area (Å²) >= 11 is 0. The van der Waals surface area contributed by atoms with Crippen molar-refractivity contribution >= 4 is 17.7 Å². The lowest BCUT2D eigenvalue weighted by Gasteiger charge is -2.06. The Kier molecular flexibility index (Phi) is 7.81. The van der Waals surface area contributed by atoms with Gasteiger partial charge in [-0.3, -0.25) is 0 Å². The number of benzene rings is 2.